The quantitative estimate of drug-likeness (QED) is 0.851. The fourth-order valence-corrected chi connectivity index (χ4v) is 2.00. The van der Waals surface area contributed by atoms with E-state index in [0.29, 0.717) is 6.04 Å². The summed E-state index contributed by atoms with van der Waals surface area (Å²) in [4.78, 5) is 6.78. The van der Waals surface area contributed by atoms with Gasteiger partial charge in [0.15, 0.2) is 0 Å². The first-order chi connectivity index (χ1) is 8.08. The fraction of sp³-hybridized carbons (Fsp3) is 0.643. The molecule has 94 valence electrons. The number of anilines is 1. The highest BCUT2D eigenvalue weighted by molar-refractivity contribution is 5.42. The highest BCUT2D eigenvalue weighted by atomic mass is 16.3. The lowest BCUT2D eigenvalue weighted by Gasteiger charge is -2.28. The highest BCUT2D eigenvalue weighted by Gasteiger charge is 2.26. The monoisotopic (exact) mass is 234 g/mol. The van der Waals surface area contributed by atoms with E-state index in [0.717, 1.165) is 23.8 Å². The summed E-state index contributed by atoms with van der Waals surface area (Å²) in [5, 5.41) is 9.62. The van der Waals surface area contributed by atoms with Gasteiger partial charge in [-0.1, -0.05) is 0 Å². The minimum Gasteiger partial charge on any atom is -0.389 e. The van der Waals surface area contributed by atoms with Crippen LogP contribution >= 0.6 is 0 Å². The molecule has 1 N–H and O–H groups in total. The van der Waals surface area contributed by atoms with Gasteiger partial charge in [0, 0.05) is 18.8 Å². The molecule has 1 atom stereocenters. The molecule has 1 aromatic heterocycles. The van der Waals surface area contributed by atoms with Gasteiger partial charge >= 0.3 is 0 Å². The van der Waals surface area contributed by atoms with E-state index in [2.05, 4.69) is 23.7 Å². The number of pyridine rings is 1. The van der Waals surface area contributed by atoms with Gasteiger partial charge in [0.25, 0.3) is 0 Å². The van der Waals surface area contributed by atoms with Gasteiger partial charge < -0.3 is 10.0 Å². The second-order valence-electron chi connectivity index (χ2n) is 5.31. The molecule has 1 heterocycles. The molecule has 1 aromatic rings. The summed E-state index contributed by atoms with van der Waals surface area (Å²) in [6.07, 6.45) is 4.06. The predicted octanol–water partition coefficient (Wildman–Crippen LogP) is 2.76. The first-order valence-electron chi connectivity index (χ1n) is 6.48. The average Bonchev–Trinajstić information content (AvgIpc) is 3.09. The molecule has 1 aliphatic rings. The van der Waals surface area contributed by atoms with Crippen molar-refractivity contribution >= 4 is 5.82 Å². The maximum Gasteiger partial charge on any atom is 0.129 e. The summed E-state index contributed by atoms with van der Waals surface area (Å²) in [6, 6.07) is 4.34. The number of aliphatic hydroxyl groups is 1. The fourth-order valence-electron chi connectivity index (χ4n) is 2.00. The van der Waals surface area contributed by atoms with Crippen LogP contribution in [0.15, 0.2) is 18.3 Å². The molecule has 0 saturated heterocycles. The summed E-state index contributed by atoms with van der Waals surface area (Å²) < 4.78 is 0. The summed E-state index contributed by atoms with van der Waals surface area (Å²) in [7, 11) is 0. The van der Waals surface area contributed by atoms with Gasteiger partial charge in [-0.2, -0.15) is 0 Å². The summed E-state index contributed by atoms with van der Waals surface area (Å²) in [5.74, 6) is 1.83. The number of hydrogen-bond donors (Lipinski definition) is 1. The van der Waals surface area contributed by atoms with E-state index < -0.39 is 6.10 Å². The maximum atomic E-state index is 9.62. The molecule has 3 heteroatoms. The topological polar surface area (TPSA) is 36.4 Å². The first kappa shape index (κ1) is 12.4. The summed E-state index contributed by atoms with van der Waals surface area (Å²) in [6.45, 7) is 7.27. The third-order valence-electron chi connectivity index (χ3n) is 3.32. The molecule has 3 nitrogen and oxygen atoms in total. The minimum atomic E-state index is -0.424. The van der Waals surface area contributed by atoms with E-state index in [1.165, 1.54) is 12.8 Å². The standard InChI is InChI=1S/C14H22N2O/c1-10(2)16(9-12-4-5-12)14-8-13(11(3)17)6-7-15-14/h6-8,10-12,17H,4-5,9H2,1-3H3. The van der Waals surface area contributed by atoms with Gasteiger partial charge in [0.1, 0.15) is 5.82 Å². The molecule has 1 unspecified atom stereocenters. The van der Waals surface area contributed by atoms with Crippen molar-refractivity contribution in [1.29, 1.82) is 0 Å². The molecule has 0 aliphatic heterocycles. The van der Waals surface area contributed by atoms with E-state index in [-0.39, 0.29) is 0 Å². The Morgan fingerprint density at radius 3 is 2.65 bits per heavy atom. The second kappa shape index (κ2) is 5.05. The largest absolute Gasteiger partial charge is 0.389 e. The van der Waals surface area contributed by atoms with Gasteiger partial charge in [-0.05, 0) is 57.2 Å². The van der Waals surface area contributed by atoms with Crippen LogP contribution in [-0.4, -0.2) is 22.7 Å². The lowest BCUT2D eigenvalue weighted by molar-refractivity contribution is 0.199. The van der Waals surface area contributed by atoms with Crippen LogP contribution < -0.4 is 4.90 Å². The Kier molecular flexibility index (Phi) is 3.67. The van der Waals surface area contributed by atoms with Gasteiger partial charge in [-0.25, -0.2) is 4.98 Å². The Morgan fingerprint density at radius 1 is 1.41 bits per heavy atom. The zero-order valence-corrected chi connectivity index (χ0v) is 10.9. The molecule has 1 saturated carbocycles. The molecule has 0 amide bonds. The van der Waals surface area contributed by atoms with Gasteiger partial charge in [-0.15, -0.1) is 0 Å². The molecular formula is C14H22N2O. The van der Waals surface area contributed by atoms with Crippen LogP contribution in [0.5, 0.6) is 0 Å². The Morgan fingerprint density at radius 2 is 2.12 bits per heavy atom. The van der Waals surface area contributed by atoms with Crippen LogP contribution in [0, 0.1) is 5.92 Å². The molecule has 0 aromatic carbocycles. The van der Waals surface area contributed by atoms with Crippen molar-refractivity contribution in [3.63, 3.8) is 0 Å². The van der Waals surface area contributed by atoms with E-state index in [1.54, 1.807) is 13.1 Å². The SMILES string of the molecule is CC(O)c1ccnc(N(CC2CC2)C(C)C)c1. The third kappa shape index (κ3) is 3.19. The third-order valence-corrected chi connectivity index (χ3v) is 3.32. The van der Waals surface area contributed by atoms with Crippen molar-refractivity contribution in [3.8, 4) is 0 Å². The van der Waals surface area contributed by atoms with Crippen molar-refractivity contribution in [2.24, 2.45) is 5.92 Å². The lowest BCUT2D eigenvalue weighted by atomic mass is 10.1. The highest BCUT2D eigenvalue weighted by Crippen LogP contribution is 2.32. The van der Waals surface area contributed by atoms with E-state index >= 15 is 0 Å². The van der Waals surface area contributed by atoms with Crippen molar-refractivity contribution in [2.75, 3.05) is 11.4 Å². The normalized spacial score (nSPS) is 17.2. The number of aliphatic hydroxyl groups excluding tert-OH is 1. The van der Waals surface area contributed by atoms with Gasteiger partial charge in [0.05, 0.1) is 6.10 Å². The van der Waals surface area contributed by atoms with Crippen molar-refractivity contribution < 1.29 is 5.11 Å². The zero-order valence-electron chi connectivity index (χ0n) is 10.9. The molecule has 0 bridgehead atoms. The van der Waals surface area contributed by atoms with Crippen LogP contribution in [0.2, 0.25) is 0 Å². The Bertz CT molecular complexity index is 372. The molecular weight excluding hydrogens is 212 g/mol. The predicted molar refractivity (Wildman–Crippen MR) is 70.1 cm³/mol. The van der Waals surface area contributed by atoms with Crippen molar-refractivity contribution in [3.05, 3.63) is 23.9 Å². The molecule has 2 rings (SSSR count). The molecule has 17 heavy (non-hydrogen) atoms. The Labute approximate surface area is 103 Å². The maximum absolute atomic E-state index is 9.62. The molecule has 0 radical (unpaired) electrons. The van der Waals surface area contributed by atoms with Gasteiger partial charge in [0.2, 0.25) is 0 Å². The van der Waals surface area contributed by atoms with Gasteiger partial charge in [-0.3, -0.25) is 0 Å². The summed E-state index contributed by atoms with van der Waals surface area (Å²) >= 11 is 0. The molecule has 1 aliphatic carbocycles. The van der Waals surface area contributed by atoms with Crippen LogP contribution in [0.3, 0.4) is 0 Å². The number of hydrogen-bond acceptors (Lipinski definition) is 3. The average molecular weight is 234 g/mol. The zero-order chi connectivity index (χ0) is 12.4. The van der Waals surface area contributed by atoms with E-state index in [9.17, 15) is 5.11 Å². The van der Waals surface area contributed by atoms with Crippen LogP contribution in [0.25, 0.3) is 0 Å². The Hall–Kier alpha value is -1.09. The molecule has 1 fully saturated rings. The van der Waals surface area contributed by atoms with Crippen LogP contribution in [0.4, 0.5) is 5.82 Å². The Balaban J connectivity index is 2.18. The van der Waals surface area contributed by atoms with Crippen LogP contribution in [0.1, 0.15) is 45.3 Å². The number of rotatable bonds is 5. The van der Waals surface area contributed by atoms with Crippen molar-refractivity contribution in [1.82, 2.24) is 4.98 Å². The second-order valence-corrected chi connectivity index (χ2v) is 5.31. The number of aromatic nitrogens is 1. The van der Waals surface area contributed by atoms with E-state index in [1.807, 2.05) is 12.1 Å². The first-order valence-corrected chi connectivity index (χ1v) is 6.48. The van der Waals surface area contributed by atoms with Crippen LogP contribution in [-0.2, 0) is 0 Å². The smallest absolute Gasteiger partial charge is 0.129 e. The van der Waals surface area contributed by atoms with Crippen molar-refractivity contribution in [2.45, 2.75) is 45.8 Å². The number of nitrogens with zero attached hydrogens (tertiary/aromatic N) is 2. The lowest BCUT2D eigenvalue weighted by Crippen LogP contribution is -2.33. The van der Waals surface area contributed by atoms with E-state index in [4.69, 9.17) is 0 Å². The summed E-state index contributed by atoms with van der Waals surface area (Å²) in [5.41, 5.74) is 0.941. The molecule has 0 spiro atoms. The minimum absolute atomic E-state index is 0.424.